The number of alkyl halides is 3. The molecule has 2 aromatic rings. The Hall–Kier alpha value is -2.43. The van der Waals surface area contributed by atoms with Crippen molar-refractivity contribution >= 4 is 5.91 Å². The van der Waals surface area contributed by atoms with Gasteiger partial charge in [0.05, 0.1) is 25.3 Å². The van der Waals surface area contributed by atoms with Crippen molar-refractivity contribution in [3.63, 3.8) is 0 Å². The second kappa shape index (κ2) is 7.06. The largest absolute Gasteiger partial charge is 0.408 e. The van der Waals surface area contributed by atoms with Crippen LogP contribution in [-0.2, 0) is 22.5 Å². The Morgan fingerprint density at radius 2 is 2.15 bits per heavy atom. The average Bonchev–Trinajstić information content (AvgIpc) is 3.19. The molecule has 1 atom stereocenters. The Balaban J connectivity index is 1.70. The summed E-state index contributed by atoms with van der Waals surface area (Å²) >= 11 is 0. The molecule has 1 aliphatic heterocycles. The third kappa shape index (κ3) is 4.03. The topological polar surface area (TPSA) is 86.3 Å². The number of morpholine rings is 1. The molecule has 2 aromatic heterocycles. The molecule has 0 aromatic carbocycles. The molecule has 0 bridgehead atoms. The van der Waals surface area contributed by atoms with Gasteiger partial charge in [0.1, 0.15) is 12.6 Å². The van der Waals surface area contributed by atoms with Gasteiger partial charge in [0, 0.05) is 17.8 Å². The van der Waals surface area contributed by atoms with Gasteiger partial charge in [-0.25, -0.2) is 0 Å². The smallest absolute Gasteiger partial charge is 0.366 e. The number of carbonyl (C=O) groups excluding carboxylic acids is 1. The number of aromatic nitrogens is 4. The molecule has 0 radical (unpaired) electrons. The molecular weight excluding hydrogens is 355 g/mol. The predicted molar refractivity (Wildman–Crippen MR) is 81.0 cm³/mol. The molecule has 11 heteroatoms. The lowest BCUT2D eigenvalue weighted by Gasteiger charge is -2.31. The summed E-state index contributed by atoms with van der Waals surface area (Å²) in [7, 11) is 0. The van der Waals surface area contributed by atoms with Crippen LogP contribution in [-0.4, -0.2) is 56.6 Å². The minimum Gasteiger partial charge on any atom is -0.366 e. The normalized spacial score (nSPS) is 18.3. The second-order valence-corrected chi connectivity index (χ2v) is 6.09. The first kappa shape index (κ1) is 18.4. The van der Waals surface area contributed by atoms with E-state index in [0.29, 0.717) is 35.9 Å². The van der Waals surface area contributed by atoms with Crippen LogP contribution in [0.25, 0.3) is 0 Å². The molecule has 0 spiro atoms. The van der Waals surface area contributed by atoms with Crippen molar-refractivity contribution in [2.45, 2.75) is 39.1 Å². The highest BCUT2D eigenvalue weighted by molar-refractivity contribution is 5.79. The Kier molecular flexibility index (Phi) is 4.99. The summed E-state index contributed by atoms with van der Waals surface area (Å²) in [6.07, 6.45) is -3.69. The number of halogens is 3. The zero-order valence-electron chi connectivity index (χ0n) is 14.3. The van der Waals surface area contributed by atoms with E-state index in [2.05, 4.69) is 19.8 Å². The lowest BCUT2D eigenvalue weighted by atomic mass is 10.1. The molecule has 3 rings (SSSR count). The fourth-order valence-electron chi connectivity index (χ4n) is 2.93. The number of hydrogen-bond donors (Lipinski definition) is 0. The number of hydrogen-bond acceptors (Lipinski definition) is 6. The minimum absolute atomic E-state index is 0.0194. The average molecular weight is 373 g/mol. The van der Waals surface area contributed by atoms with Crippen LogP contribution in [0.2, 0.25) is 0 Å². The maximum atomic E-state index is 12.6. The summed E-state index contributed by atoms with van der Waals surface area (Å²) in [4.78, 5) is 18.1. The fraction of sp³-hybridized carbons (Fsp3) is 0.600. The lowest BCUT2D eigenvalue weighted by molar-refractivity contribution is -0.143. The molecule has 1 aliphatic rings. The molecule has 0 aliphatic carbocycles. The standard InChI is InChI=1S/C15H18F3N5O3/c1-9-11(10(2)23(20-9)7-15(16,17)18)5-13(24)22-3-4-25-12(6-22)14-19-8-26-21-14/h8,12H,3-7H2,1-2H3. The molecule has 142 valence electrons. The van der Waals surface area contributed by atoms with Crippen molar-refractivity contribution in [1.29, 1.82) is 0 Å². The zero-order valence-corrected chi connectivity index (χ0v) is 14.3. The minimum atomic E-state index is -4.37. The van der Waals surface area contributed by atoms with Crippen LogP contribution in [0.15, 0.2) is 10.9 Å². The summed E-state index contributed by atoms with van der Waals surface area (Å²) < 4.78 is 49.0. The highest BCUT2D eigenvalue weighted by atomic mass is 19.4. The highest BCUT2D eigenvalue weighted by Gasteiger charge is 2.32. The van der Waals surface area contributed by atoms with Gasteiger partial charge in [-0.1, -0.05) is 5.16 Å². The molecule has 0 saturated carbocycles. The maximum absolute atomic E-state index is 12.6. The fourth-order valence-corrected chi connectivity index (χ4v) is 2.93. The predicted octanol–water partition coefficient (Wildman–Crippen LogP) is 1.59. The first-order valence-electron chi connectivity index (χ1n) is 8.00. The van der Waals surface area contributed by atoms with E-state index in [-0.39, 0.29) is 18.9 Å². The Morgan fingerprint density at radius 3 is 2.81 bits per heavy atom. The lowest BCUT2D eigenvalue weighted by Crippen LogP contribution is -2.43. The van der Waals surface area contributed by atoms with Crippen molar-refractivity contribution < 1.29 is 27.2 Å². The second-order valence-electron chi connectivity index (χ2n) is 6.09. The van der Waals surface area contributed by atoms with Gasteiger partial charge >= 0.3 is 6.18 Å². The first-order chi connectivity index (χ1) is 12.2. The number of ether oxygens (including phenoxy) is 1. The van der Waals surface area contributed by atoms with Gasteiger partial charge in [0.15, 0.2) is 0 Å². The monoisotopic (exact) mass is 373 g/mol. The van der Waals surface area contributed by atoms with Crippen LogP contribution in [0.3, 0.4) is 0 Å². The van der Waals surface area contributed by atoms with Crippen LogP contribution in [0.4, 0.5) is 13.2 Å². The highest BCUT2D eigenvalue weighted by Crippen LogP contribution is 2.23. The van der Waals surface area contributed by atoms with Crippen molar-refractivity contribution in [3.05, 3.63) is 29.2 Å². The van der Waals surface area contributed by atoms with Gasteiger partial charge in [-0.05, 0) is 13.8 Å². The van der Waals surface area contributed by atoms with Gasteiger partial charge in [-0.2, -0.15) is 23.3 Å². The van der Waals surface area contributed by atoms with Gasteiger partial charge in [-0.3, -0.25) is 9.48 Å². The van der Waals surface area contributed by atoms with E-state index in [9.17, 15) is 18.0 Å². The molecule has 1 unspecified atom stereocenters. The Bertz CT molecular complexity index is 772. The van der Waals surface area contributed by atoms with E-state index in [1.165, 1.54) is 13.3 Å². The van der Waals surface area contributed by atoms with Gasteiger partial charge < -0.3 is 14.2 Å². The van der Waals surface area contributed by atoms with E-state index in [0.717, 1.165) is 4.68 Å². The number of aryl methyl sites for hydroxylation is 1. The third-order valence-electron chi connectivity index (χ3n) is 4.27. The molecule has 3 heterocycles. The zero-order chi connectivity index (χ0) is 18.9. The molecular formula is C15H18F3N5O3. The van der Waals surface area contributed by atoms with Crippen LogP contribution in [0, 0.1) is 13.8 Å². The molecule has 26 heavy (non-hydrogen) atoms. The van der Waals surface area contributed by atoms with E-state index in [1.54, 1.807) is 11.8 Å². The van der Waals surface area contributed by atoms with Gasteiger partial charge in [-0.15, -0.1) is 0 Å². The Labute approximate surface area is 146 Å². The molecule has 1 amide bonds. The van der Waals surface area contributed by atoms with Gasteiger partial charge in [0.2, 0.25) is 18.1 Å². The number of rotatable bonds is 4. The summed E-state index contributed by atoms with van der Waals surface area (Å²) in [5.74, 6) is 0.146. The van der Waals surface area contributed by atoms with Crippen molar-refractivity contribution in [1.82, 2.24) is 24.8 Å². The SMILES string of the molecule is Cc1nn(CC(F)(F)F)c(C)c1CC(=O)N1CCOC(c2ncon2)C1. The first-order valence-corrected chi connectivity index (χ1v) is 8.00. The van der Waals surface area contributed by atoms with E-state index >= 15 is 0 Å². The van der Waals surface area contributed by atoms with E-state index < -0.39 is 18.8 Å². The number of nitrogens with zero attached hydrogens (tertiary/aromatic N) is 5. The summed E-state index contributed by atoms with van der Waals surface area (Å²) in [5, 5.41) is 7.63. The van der Waals surface area contributed by atoms with Crippen molar-refractivity contribution in [3.8, 4) is 0 Å². The van der Waals surface area contributed by atoms with E-state index in [1.807, 2.05) is 0 Å². The van der Waals surface area contributed by atoms with Crippen LogP contribution >= 0.6 is 0 Å². The van der Waals surface area contributed by atoms with Crippen LogP contribution in [0.1, 0.15) is 28.9 Å². The number of carbonyl (C=O) groups is 1. The van der Waals surface area contributed by atoms with Crippen molar-refractivity contribution in [2.24, 2.45) is 0 Å². The Morgan fingerprint density at radius 1 is 1.38 bits per heavy atom. The molecule has 1 saturated heterocycles. The summed E-state index contributed by atoms with van der Waals surface area (Å²) in [6.45, 7) is 2.93. The summed E-state index contributed by atoms with van der Waals surface area (Å²) in [6, 6.07) is 0. The quantitative estimate of drug-likeness (QED) is 0.809. The molecule has 1 fully saturated rings. The van der Waals surface area contributed by atoms with Crippen LogP contribution in [0.5, 0.6) is 0 Å². The third-order valence-corrected chi connectivity index (χ3v) is 4.27. The van der Waals surface area contributed by atoms with E-state index in [4.69, 9.17) is 4.74 Å². The molecule has 0 N–H and O–H groups in total. The summed E-state index contributed by atoms with van der Waals surface area (Å²) in [5.41, 5.74) is 1.28. The van der Waals surface area contributed by atoms with Gasteiger partial charge in [0.25, 0.3) is 0 Å². The maximum Gasteiger partial charge on any atom is 0.408 e. The van der Waals surface area contributed by atoms with Crippen LogP contribution < -0.4 is 0 Å². The van der Waals surface area contributed by atoms with Crippen molar-refractivity contribution in [2.75, 3.05) is 19.7 Å². The molecule has 8 nitrogen and oxygen atoms in total. The number of amides is 1.